The van der Waals surface area contributed by atoms with Crippen LogP contribution < -0.4 is 15.4 Å². The predicted molar refractivity (Wildman–Crippen MR) is 118 cm³/mol. The third-order valence-electron chi connectivity index (χ3n) is 4.30. The second kappa shape index (κ2) is 9.27. The molecule has 0 aliphatic carbocycles. The monoisotopic (exact) mass is 454 g/mol. The molecule has 0 unspecified atom stereocenters. The molecule has 0 radical (unpaired) electrons. The molecule has 0 heterocycles. The van der Waals surface area contributed by atoms with E-state index >= 15 is 0 Å². The first-order chi connectivity index (χ1) is 15.1. The highest BCUT2D eigenvalue weighted by Crippen LogP contribution is 2.17. The molecule has 0 fully saturated rings. The standard InChI is InChI=1S/C21H18N4O6S/c1-14-2-6-16(7-3-14)22-21(27)23-17-8-12-19(13-9-17)32(30,31)24-20(26)15-4-10-18(11-5-15)25(28)29/h2-13H,1H3,(H,24,26)(H2,22,23,27). The lowest BCUT2D eigenvalue weighted by Crippen LogP contribution is -2.30. The summed E-state index contributed by atoms with van der Waals surface area (Å²) in [6.45, 7) is 1.92. The summed E-state index contributed by atoms with van der Waals surface area (Å²) in [6, 6.07) is 16.4. The fraction of sp³-hybridized carbons (Fsp3) is 0.0476. The van der Waals surface area contributed by atoms with Gasteiger partial charge in [-0.3, -0.25) is 14.9 Å². The van der Waals surface area contributed by atoms with Crippen molar-refractivity contribution in [3.8, 4) is 0 Å². The van der Waals surface area contributed by atoms with Crippen molar-refractivity contribution >= 4 is 39.0 Å². The second-order valence-electron chi connectivity index (χ2n) is 6.71. The van der Waals surface area contributed by atoms with Gasteiger partial charge in [-0.1, -0.05) is 17.7 Å². The molecule has 0 bridgehead atoms. The third kappa shape index (κ3) is 5.67. The smallest absolute Gasteiger partial charge is 0.308 e. The van der Waals surface area contributed by atoms with E-state index in [-0.39, 0.29) is 16.1 Å². The van der Waals surface area contributed by atoms with E-state index in [0.29, 0.717) is 11.4 Å². The van der Waals surface area contributed by atoms with Gasteiger partial charge < -0.3 is 10.6 Å². The van der Waals surface area contributed by atoms with Crippen LogP contribution >= 0.6 is 0 Å². The number of rotatable bonds is 6. The van der Waals surface area contributed by atoms with E-state index in [9.17, 15) is 28.1 Å². The number of aryl methyl sites for hydroxylation is 1. The van der Waals surface area contributed by atoms with Gasteiger partial charge in [-0.05, 0) is 55.5 Å². The molecule has 0 aliphatic heterocycles. The number of hydrogen-bond acceptors (Lipinski definition) is 6. The fourth-order valence-corrected chi connectivity index (χ4v) is 3.60. The maximum absolute atomic E-state index is 12.5. The van der Waals surface area contributed by atoms with Crippen LogP contribution in [-0.4, -0.2) is 25.3 Å². The van der Waals surface area contributed by atoms with Gasteiger partial charge in [0.25, 0.3) is 21.6 Å². The molecular weight excluding hydrogens is 436 g/mol. The zero-order valence-electron chi connectivity index (χ0n) is 16.7. The number of carbonyl (C=O) groups is 2. The molecule has 0 aromatic heterocycles. The molecule has 3 rings (SSSR count). The summed E-state index contributed by atoms with van der Waals surface area (Å²) in [5.41, 5.74) is 1.72. The van der Waals surface area contributed by atoms with Gasteiger partial charge in [0.05, 0.1) is 9.82 Å². The third-order valence-corrected chi connectivity index (χ3v) is 5.65. The van der Waals surface area contributed by atoms with Crippen LogP contribution in [0.1, 0.15) is 15.9 Å². The zero-order valence-corrected chi connectivity index (χ0v) is 17.5. The van der Waals surface area contributed by atoms with Gasteiger partial charge in [-0.25, -0.2) is 17.9 Å². The topological polar surface area (TPSA) is 148 Å². The Balaban J connectivity index is 1.63. The van der Waals surface area contributed by atoms with E-state index in [1.165, 1.54) is 24.3 Å². The van der Waals surface area contributed by atoms with Crippen LogP contribution in [-0.2, 0) is 10.0 Å². The molecule has 0 aliphatic rings. The molecule has 11 heteroatoms. The Morgan fingerprint density at radius 2 is 1.31 bits per heavy atom. The Kier molecular flexibility index (Phi) is 6.50. The number of hydrogen-bond donors (Lipinski definition) is 3. The first kappa shape index (κ1) is 22.4. The van der Waals surface area contributed by atoms with Crippen LogP contribution in [0.3, 0.4) is 0 Å². The summed E-state index contributed by atoms with van der Waals surface area (Å²) in [7, 11) is -4.19. The van der Waals surface area contributed by atoms with Gasteiger partial charge in [0.2, 0.25) is 0 Å². The Labute approximate surface area is 183 Å². The number of nitro groups is 1. The molecule has 164 valence electrons. The Morgan fingerprint density at radius 1 is 0.812 bits per heavy atom. The average molecular weight is 454 g/mol. The molecule has 0 atom stereocenters. The highest BCUT2D eigenvalue weighted by atomic mass is 32.2. The molecule has 32 heavy (non-hydrogen) atoms. The Morgan fingerprint density at radius 3 is 1.81 bits per heavy atom. The minimum atomic E-state index is -4.19. The molecule has 3 aromatic rings. The summed E-state index contributed by atoms with van der Waals surface area (Å²) in [5.74, 6) is -0.931. The minimum Gasteiger partial charge on any atom is -0.308 e. The number of urea groups is 1. The number of nitro benzene ring substituents is 1. The van der Waals surface area contributed by atoms with Crippen molar-refractivity contribution in [3.63, 3.8) is 0 Å². The molecule has 3 N–H and O–H groups in total. The van der Waals surface area contributed by atoms with E-state index in [4.69, 9.17) is 0 Å². The van der Waals surface area contributed by atoms with E-state index in [1.807, 2.05) is 23.8 Å². The average Bonchev–Trinajstić information content (AvgIpc) is 2.75. The van der Waals surface area contributed by atoms with Crippen molar-refractivity contribution in [2.75, 3.05) is 10.6 Å². The number of amides is 3. The minimum absolute atomic E-state index is 0.0507. The van der Waals surface area contributed by atoms with Gasteiger partial charge in [-0.2, -0.15) is 0 Å². The number of nitrogens with zero attached hydrogens (tertiary/aromatic N) is 1. The van der Waals surface area contributed by atoms with Crippen LogP contribution in [0.2, 0.25) is 0 Å². The maximum Gasteiger partial charge on any atom is 0.323 e. The first-order valence-electron chi connectivity index (χ1n) is 9.20. The van der Waals surface area contributed by atoms with Crippen molar-refractivity contribution < 1.29 is 22.9 Å². The van der Waals surface area contributed by atoms with Crippen molar-refractivity contribution in [3.05, 3.63) is 94.0 Å². The van der Waals surface area contributed by atoms with Crippen LogP contribution in [0.5, 0.6) is 0 Å². The SMILES string of the molecule is Cc1ccc(NC(=O)Nc2ccc(S(=O)(=O)NC(=O)c3ccc([N+](=O)[O-])cc3)cc2)cc1. The largest absolute Gasteiger partial charge is 0.323 e. The summed E-state index contributed by atoms with van der Waals surface area (Å²) < 4.78 is 26.8. The lowest BCUT2D eigenvalue weighted by Gasteiger charge is -2.10. The highest BCUT2D eigenvalue weighted by molar-refractivity contribution is 7.90. The van der Waals surface area contributed by atoms with Crippen LogP contribution in [0.25, 0.3) is 0 Å². The second-order valence-corrected chi connectivity index (χ2v) is 8.39. The van der Waals surface area contributed by atoms with Crippen LogP contribution in [0.4, 0.5) is 21.9 Å². The van der Waals surface area contributed by atoms with E-state index in [2.05, 4.69) is 10.6 Å². The summed E-state index contributed by atoms with van der Waals surface area (Å²) >= 11 is 0. The summed E-state index contributed by atoms with van der Waals surface area (Å²) in [5, 5.41) is 15.9. The van der Waals surface area contributed by atoms with Gasteiger partial charge in [-0.15, -0.1) is 0 Å². The summed E-state index contributed by atoms with van der Waals surface area (Å²) in [6.07, 6.45) is 0. The molecule has 3 aromatic carbocycles. The van der Waals surface area contributed by atoms with Crippen LogP contribution in [0, 0.1) is 17.0 Å². The van der Waals surface area contributed by atoms with Gasteiger partial charge in [0.1, 0.15) is 0 Å². The predicted octanol–water partition coefficient (Wildman–Crippen LogP) is 3.67. The number of carbonyl (C=O) groups excluding carboxylic acids is 2. The van der Waals surface area contributed by atoms with Crippen molar-refractivity contribution in [1.82, 2.24) is 4.72 Å². The van der Waals surface area contributed by atoms with Gasteiger partial charge in [0, 0.05) is 29.1 Å². The Bertz CT molecular complexity index is 1260. The first-order valence-corrected chi connectivity index (χ1v) is 10.7. The number of nitrogens with one attached hydrogen (secondary N) is 3. The number of sulfonamides is 1. The normalized spacial score (nSPS) is 10.8. The number of benzene rings is 3. The van der Waals surface area contributed by atoms with Gasteiger partial charge in [0.15, 0.2) is 0 Å². The quantitative estimate of drug-likeness (QED) is 0.382. The van der Waals surface area contributed by atoms with E-state index < -0.39 is 26.9 Å². The highest BCUT2D eigenvalue weighted by Gasteiger charge is 2.19. The molecule has 3 amide bonds. The molecule has 0 saturated carbocycles. The molecule has 10 nitrogen and oxygen atoms in total. The van der Waals surface area contributed by atoms with E-state index in [1.54, 1.807) is 12.1 Å². The molecule has 0 spiro atoms. The lowest BCUT2D eigenvalue weighted by molar-refractivity contribution is -0.384. The lowest BCUT2D eigenvalue weighted by atomic mass is 10.2. The zero-order chi connectivity index (χ0) is 23.3. The van der Waals surface area contributed by atoms with Crippen molar-refractivity contribution in [1.29, 1.82) is 0 Å². The van der Waals surface area contributed by atoms with Crippen molar-refractivity contribution in [2.24, 2.45) is 0 Å². The van der Waals surface area contributed by atoms with E-state index in [0.717, 1.165) is 29.8 Å². The fourth-order valence-electron chi connectivity index (χ4n) is 2.62. The molecule has 0 saturated heterocycles. The van der Waals surface area contributed by atoms with Crippen molar-refractivity contribution in [2.45, 2.75) is 11.8 Å². The number of anilines is 2. The van der Waals surface area contributed by atoms with Gasteiger partial charge >= 0.3 is 6.03 Å². The number of non-ortho nitro benzene ring substituents is 1. The Hall–Kier alpha value is -4.25. The maximum atomic E-state index is 12.5. The molecular formula is C21H18N4O6S. The summed E-state index contributed by atoms with van der Waals surface area (Å²) in [4.78, 5) is 34.1. The van der Waals surface area contributed by atoms with Crippen LogP contribution in [0.15, 0.2) is 77.7 Å².